The first-order chi connectivity index (χ1) is 4.81. The average molecular weight is 144 g/mol. The van der Waals surface area contributed by atoms with Crippen LogP contribution in [0.5, 0.6) is 0 Å². The van der Waals surface area contributed by atoms with E-state index in [1.165, 1.54) is 19.3 Å². The summed E-state index contributed by atoms with van der Waals surface area (Å²) in [6, 6.07) is 0. The number of ether oxygens (including phenoxy) is 1. The SMILES string of the molecule is CCCC[C@H](C)COCC. The molecule has 0 bridgehead atoms. The fraction of sp³-hybridized carbons (Fsp3) is 1.00. The lowest BCUT2D eigenvalue weighted by atomic mass is 10.1. The highest BCUT2D eigenvalue weighted by Crippen LogP contribution is 2.07. The van der Waals surface area contributed by atoms with Crippen molar-refractivity contribution < 1.29 is 4.74 Å². The molecule has 62 valence electrons. The third kappa shape index (κ3) is 6.09. The predicted octanol–water partition coefficient (Wildman–Crippen LogP) is 2.85. The Morgan fingerprint density at radius 2 is 2.00 bits per heavy atom. The number of unbranched alkanes of at least 4 members (excludes halogenated alkanes) is 1. The van der Waals surface area contributed by atoms with Crippen molar-refractivity contribution in [2.45, 2.75) is 40.0 Å². The minimum atomic E-state index is 0.750. The Kier molecular flexibility index (Phi) is 7.04. The van der Waals surface area contributed by atoms with Crippen LogP contribution in [0.1, 0.15) is 40.0 Å². The second-order valence-corrected chi connectivity index (χ2v) is 2.91. The third-order valence-electron chi connectivity index (χ3n) is 1.66. The van der Waals surface area contributed by atoms with E-state index in [9.17, 15) is 0 Å². The molecule has 0 unspecified atom stereocenters. The van der Waals surface area contributed by atoms with E-state index in [0.29, 0.717) is 0 Å². The van der Waals surface area contributed by atoms with E-state index in [4.69, 9.17) is 4.74 Å². The topological polar surface area (TPSA) is 9.23 Å². The zero-order valence-corrected chi connectivity index (χ0v) is 7.52. The highest BCUT2D eigenvalue weighted by Gasteiger charge is 1.99. The van der Waals surface area contributed by atoms with E-state index in [1.54, 1.807) is 0 Å². The van der Waals surface area contributed by atoms with Crippen molar-refractivity contribution in [3.63, 3.8) is 0 Å². The molecule has 0 heterocycles. The molecule has 1 atom stereocenters. The van der Waals surface area contributed by atoms with Gasteiger partial charge >= 0.3 is 0 Å². The van der Waals surface area contributed by atoms with Crippen LogP contribution in [-0.2, 0) is 4.74 Å². The smallest absolute Gasteiger partial charge is 0.0491 e. The molecule has 0 aliphatic carbocycles. The molecule has 0 aliphatic heterocycles. The molecule has 0 aliphatic rings. The summed E-state index contributed by atoms with van der Waals surface area (Å²) < 4.78 is 5.29. The highest BCUT2D eigenvalue weighted by molar-refractivity contribution is 4.50. The van der Waals surface area contributed by atoms with E-state index in [0.717, 1.165) is 19.1 Å². The quantitative estimate of drug-likeness (QED) is 0.557. The first kappa shape index (κ1) is 9.96. The van der Waals surface area contributed by atoms with Crippen LogP contribution in [0.3, 0.4) is 0 Å². The standard InChI is InChI=1S/C9H20O/c1-4-6-7-9(3)8-10-5-2/h9H,4-8H2,1-3H3/t9-/m0/s1. The molecule has 0 aromatic carbocycles. The van der Waals surface area contributed by atoms with Crippen LogP contribution in [0, 0.1) is 5.92 Å². The van der Waals surface area contributed by atoms with Gasteiger partial charge in [0.05, 0.1) is 0 Å². The molecule has 0 amide bonds. The van der Waals surface area contributed by atoms with Gasteiger partial charge < -0.3 is 4.74 Å². The molecule has 0 rings (SSSR count). The summed E-state index contributed by atoms with van der Waals surface area (Å²) in [7, 11) is 0. The first-order valence-electron chi connectivity index (χ1n) is 4.39. The summed E-state index contributed by atoms with van der Waals surface area (Å²) in [5.74, 6) is 0.750. The van der Waals surface area contributed by atoms with Crippen molar-refractivity contribution in [1.82, 2.24) is 0 Å². The Morgan fingerprint density at radius 3 is 2.50 bits per heavy atom. The summed E-state index contributed by atoms with van der Waals surface area (Å²) in [6.07, 6.45) is 3.96. The normalized spacial score (nSPS) is 13.5. The van der Waals surface area contributed by atoms with Gasteiger partial charge in [-0.2, -0.15) is 0 Å². The molecule has 1 heteroatoms. The van der Waals surface area contributed by atoms with Gasteiger partial charge in [-0.3, -0.25) is 0 Å². The maximum Gasteiger partial charge on any atom is 0.0491 e. The zero-order valence-electron chi connectivity index (χ0n) is 7.52. The van der Waals surface area contributed by atoms with Gasteiger partial charge in [0.25, 0.3) is 0 Å². The third-order valence-corrected chi connectivity index (χ3v) is 1.66. The molecule has 0 fully saturated rings. The van der Waals surface area contributed by atoms with Gasteiger partial charge in [0, 0.05) is 13.2 Å². The van der Waals surface area contributed by atoms with Crippen molar-refractivity contribution in [2.24, 2.45) is 5.92 Å². The predicted molar refractivity (Wildman–Crippen MR) is 45.2 cm³/mol. The number of hydrogen-bond donors (Lipinski definition) is 0. The van der Waals surface area contributed by atoms with Gasteiger partial charge in [-0.05, 0) is 19.3 Å². The van der Waals surface area contributed by atoms with Gasteiger partial charge in [0.2, 0.25) is 0 Å². The van der Waals surface area contributed by atoms with Gasteiger partial charge in [-0.15, -0.1) is 0 Å². The van der Waals surface area contributed by atoms with Crippen molar-refractivity contribution in [3.8, 4) is 0 Å². The number of rotatable bonds is 6. The fourth-order valence-electron chi connectivity index (χ4n) is 0.955. The monoisotopic (exact) mass is 144 g/mol. The van der Waals surface area contributed by atoms with Crippen LogP contribution in [0.15, 0.2) is 0 Å². The maximum atomic E-state index is 5.29. The molecule has 0 aromatic heterocycles. The summed E-state index contributed by atoms with van der Waals surface area (Å²) in [5.41, 5.74) is 0. The summed E-state index contributed by atoms with van der Waals surface area (Å²) in [5, 5.41) is 0. The Balaban J connectivity index is 3.00. The number of hydrogen-bond acceptors (Lipinski definition) is 1. The van der Waals surface area contributed by atoms with Crippen LogP contribution in [0.25, 0.3) is 0 Å². The molecule has 0 radical (unpaired) electrons. The zero-order chi connectivity index (χ0) is 7.82. The van der Waals surface area contributed by atoms with E-state index < -0.39 is 0 Å². The van der Waals surface area contributed by atoms with E-state index in [2.05, 4.69) is 13.8 Å². The Labute approximate surface area is 64.8 Å². The van der Waals surface area contributed by atoms with Crippen LogP contribution in [-0.4, -0.2) is 13.2 Å². The van der Waals surface area contributed by atoms with Gasteiger partial charge in [0.15, 0.2) is 0 Å². The first-order valence-corrected chi connectivity index (χ1v) is 4.39. The lowest BCUT2D eigenvalue weighted by molar-refractivity contribution is 0.112. The molecule has 10 heavy (non-hydrogen) atoms. The highest BCUT2D eigenvalue weighted by atomic mass is 16.5. The molecule has 0 N–H and O–H groups in total. The van der Waals surface area contributed by atoms with E-state index in [1.807, 2.05) is 6.92 Å². The molecular formula is C9H20O. The minimum absolute atomic E-state index is 0.750. The maximum absolute atomic E-state index is 5.29. The Hall–Kier alpha value is -0.0400. The Bertz CT molecular complexity index is 53.7. The van der Waals surface area contributed by atoms with Crippen LogP contribution in [0.2, 0.25) is 0 Å². The molecule has 1 nitrogen and oxygen atoms in total. The van der Waals surface area contributed by atoms with Crippen molar-refractivity contribution >= 4 is 0 Å². The molecule has 0 spiro atoms. The van der Waals surface area contributed by atoms with Gasteiger partial charge in [0.1, 0.15) is 0 Å². The Morgan fingerprint density at radius 1 is 1.30 bits per heavy atom. The largest absolute Gasteiger partial charge is 0.381 e. The van der Waals surface area contributed by atoms with Gasteiger partial charge in [-0.25, -0.2) is 0 Å². The second-order valence-electron chi connectivity index (χ2n) is 2.91. The summed E-state index contributed by atoms with van der Waals surface area (Å²) >= 11 is 0. The van der Waals surface area contributed by atoms with Crippen LogP contribution >= 0.6 is 0 Å². The molecular weight excluding hydrogens is 124 g/mol. The lowest BCUT2D eigenvalue weighted by Crippen LogP contribution is -2.05. The summed E-state index contributed by atoms with van der Waals surface area (Å²) in [6.45, 7) is 8.33. The molecule has 0 saturated heterocycles. The van der Waals surface area contributed by atoms with Crippen LogP contribution < -0.4 is 0 Å². The van der Waals surface area contributed by atoms with Gasteiger partial charge in [-0.1, -0.05) is 26.7 Å². The summed E-state index contributed by atoms with van der Waals surface area (Å²) in [4.78, 5) is 0. The lowest BCUT2D eigenvalue weighted by Gasteiger charge is -2.09. The average Bonchev–Trinajstić information content (AvgIpc) is 1.97. The molecule has 0 aromatic rings. The van der Waals surface area contributed by atoms with Crippen molar-refractivity contribution in [1.29, 1.82) is 0 Å². The molecule has 0 saturated carbocycles. The van der Waals surface area contributed by atoms with E-state index in [-0.39, 0.29) is 0 Å². The van der Waals surface area contributed by atoms with Crippen molar-refractivity contribution in [2.75, 3.05) is 13.2 Å². The second kappa shape index (κ2) is 7.07. The minimum Gasteiger partial charge on any atom is -0.381 e. The fourth-order valence-corrected chi connectivity index (χ4v) is 0.955. The van der Waals surface area contributed by atoms with E-state index >= 15 is 0 Å². The van der Waals surface area contributed by atoms with Crippen LogP contribution in [0.4, 0.5) is 0 Å². The van der Waals surface area contributed by atoms with Crippen molar-refractivity contribution in [3.05, 3.63) is 0 Å².